The first-order valence-corrected chi connectivity index (χ1v) is 14.1. The van der Waals surface area contributed by atoms with Gasteiger partial charge in [-0.25, -0.2) is 8.42 Å². The largest absolute Gasteiger partial charge is 0.417 e. The molecule has 1 unspecified atom stereocenters. The van der Waals surface area contributed by atoms with E-state index in [1.165, 1.54) is 19.1 Å². The van der Waals surface area contributed by atoms with E-state index in [1.807, 2.05) is 0 Å². The molecule has 14 heteroatoms. The van der Waals surface area contributed by atoms with Gasteiger partial charge in [-0.3, -0.25) is 13.9 Å². The van der Waals surface area contributed by atoms with Crippen LogP contribution in [0.5, 0.6) is 0 Å². The Hall–Kier alpha value is -2.21. The third-order valence-corrected chi connectivity index (χ3v) is 7.46. The van der Waals surface area contributed by atoms with Crippen molar-refractivity contribution in [2.24, 2.45) is 0 Å². The topological polar surface area (TPSA) is 86.8 Å². The SMILES string of the molecule is CC(C(=O)NC(C)(C)C)N(Cc1c(Cl)cccc1Cl)C(=O)CN(c1ccc(Cl)c(C(F)(F)F)c1)S(C)(=O)=O. The van der Waals surface area contributed by atoms with E-state index in [4.69, 9.17) is 34.8 Å². The second-order valence-corrected chi connectivity index (χ2v) is 12.7. The lowest BCUT2D eigenvalue weighted by atomic mass is 10.1. The van der Waals surface area contributed by atoms with Crippen molar-refractivity contribution in [1.29, 1.82) is 0 Å². The zero-order valence-corrected chi connectivity index (χ0v) is 24.2. The van der Waals surface area contributed by atoms with Gasteiger partial charge in [0.05, 0.1) is 22.5 Å². The van der Waals surface area contributed by atoms with Gasteiger partial charge in [-0.2, -0.15) is 13.2 Å². The van der Waals surface area contributed by atoms with Gasteiger partial charge in [0.25, 0.3) is 0 Å². The molecule has 0 fully saturated rings. The minimum Gasteiger partial charge on any atom is -0.350 e. The number of benzene rings is 2. The maximum absolute atomic E-state index is 13.6. The molecule has 1 atom stereocenters. The summed E-state index contributed by atoms with van der Waals surface area (Å²) in [6.45, 7) is 5.45. The summed E-state index contributed by atoms with van der Waals surface area (Å²) in [6, 6.07) is 5.99. The standard InChI is InChI=1S/C24H27Cl3F3N3O4S/c1-14(22(35)31-23(2,3)4)32(12-16-18(25)7-6-8-19(16)26)21(34)13-33(38(5,36)37)15-9-10-20(27)17(11-15)24(28,29)30/h6-11,14H,12-13H2,1-5H3,(H,31,35). The fourth-order valence-corrected chi connectivity index (χ4v) is 4.99. The number of rotatable bonds is 8. The van der Waals surface area contributed by atoms with E-state index in [2.05, 4.69) is 5.32 Å². The van der Waals surface area contributed by atoms with E-state index in [0.29, 0.717) is 15.9 Å². The van der Waals surface area contributed by atoms with Crippen LogP contribution < -0.4 is 9.62 Å². The van der Waals surface area contributed by atoms with Crippen LogP contribution in [-0.2, 0) is 32.3 Å². The third-order valence-electron chi connectivity index (χ3n) is 5.28. The third kappa shape index (κ3) is 8.39. The van der Waals surface area contributed by atoms with Gasteiger partial charge in [0.15, 0.2) is 0 Å². The van der Waals surface area contributed by atoms with Crippen LogP contribution >= 0.6 is 34.8 Å². The molecule has 0 aliphatic carbocycles. The number of carbonyl (C=O) groups is 2. The molecule has 210 valence electrons. The first-order valence-electron chi connectivity index (χ1n) is 11.1. The van der Waals surface area contributed by atoms with Gasteiger partial charge >= 0.3 is 6.18 Å². The van der Waals surface area contributed by atoms with Crippen molar-refractivity contribution in [3.05, 3.63) is 62.6 Å². The summed E-state index contributed by atoms with van der Waals surface area (Å²) in [4.78, 5) is 27.6. The predicted molar refractivity (Wildman–Crippen MR) is 143 cm³/mol. The molecule has 0 spiro atoms. The van der Waals surface area contributed by atoms with Gasteiger partial charge in [-0.1, -0.05) is 40.9 Å². The number of nitrogens with zero attached hydrogens (tertiary/aromatic N) is 2. The highest BCUT2D eigenvalue weighted by atomic mass is 35.5. The minimum absolute atomic E-state index is 0.200. The zero-order chi connectivity index (χ0) is 29.2. The molecule has 0 heterocycles. The van der Waals surface area contributed by atoms with Crippen LogP contribution in [0.25, 0.3) is 0 Å². The number of alkyl halides is 3. The van der Waals surface area contributed by atoms with Crippen molar-refractivity contribution >= 4 is 62.3 Å². The maximum atomic E-state index is 13.6. The molecule has 1 N–H and O–H groups in total. The molecule has 0 aromatic heterocycles. The number of anilines is 1. The summed E-state index contributed by atoms with van der Waals surface area (Å²) in [6.07, 6.45) is -4.13. The molecule has 0 aliphatic heterocycles. The van der Waals surface area contributed by atoms with Gasteiger partial charge in [-0.05, 0) is 58.0 Å². The van der Waals surface area contributed by atoms with E-state index in [9.17, 15) is 31.2 Å². The molecule has 0 radical (unpaired) electrons. The van der Waals surface area contributed by atoms with Gasteiger partial charge in [0, 0.05) is 27.7 Å². The molecule has 2 aromatic rings. The van der Waals surface area contributed by atoms with E-state index < -0.39 is 62.4 Å². The number of amides is 2. The minimum atomic E-state index is -4.87. The first kappa shape index (κ1) is 32.0. The summed E-state index contributed by atoms with van der Waals surface area (Å²) >= 11 is 18.2. The van der Waals surface area contributed by atoms with Gasteiger partial charge in [0.1, 0.15) is 12.6 Å². The number of halogens is 6. The fourth-order valence-electron chi connectivity index (χ4n) is 3.41. The van der Waals surface area contributed by atoms with Crippen molar-refractivity contribution in [2.75, 3.05) is 17.1 Å². The van der Waals surface area contributed by atoms with Crippen LogP contribution in [0.2, 0.25) is 15.1 Å². The monoisotopic (exact) mass is 615 g/mol. The number of nitrogens with one attached hydrogen (secondary N) is 1. The van der Waals surface area contributed by atoms with Crippen molar-refractivity contribution in [2.45, 2.75) is 52.0 Å². The van der Waals surface area contributed by atoms with E-state index in [-0.39, 0.29) is 16.6 Å². The average Bonchev–Trinajstić information content (AvgIpc) is 2.74. The van der Waals surface area contributed by atoms with Crippen molar-refractivity contribution in [3.63, 3.8) is 0 Å². The van der Waals surface area contributed by atoms with Gasteiger partial charge in [-0.15, -0.1) is 0 Å². The van der Waals surface area contributed by atoms with Crippen LogP contribution in [0.15, 0.2) is 36.4 Å². The number of hydrogen-bond acceptors (Lipinski definition) is 4. The molecule has 2 aromatic carbocycles. The van der Waals surface area contributed by atoms with E-state index >= 15 is 0 Å². The summed E-state index contributed by atoms with van der Waals surface area (Å²) in [5.74, 6) is -1.43. The molecule has 7 nitrogen and oxygen atoms in total. The Kier molecular flexibility index (Phi) is 10.0. The van der Waals surface area contributed by atoms with Crippen molar-refractivity contribution in [3.8, 4) is 0 Å². The van der Waals surface area contributed by atoms with Crippen LogP contribution in [0, 0.1) is 0 Å². The highest BCUT2D eigenvalue weighted by Gasteiger charge is 2.36. The lowest BCUT2D eigenvalue weighted by molar-refractivity contribution is -0.140. The highest BCUT2D eigenvalue weighted by molar-refractivity contribution is 7.92. The number of hydrogen-bond donors (Lipinski definition) is 1. The maximum Gasteiger partial charge on any atom is 0.417 e. The first-order chi connectivity index (χ1) is 17.2. The van der Waals surface area contributed by atoms with Crippen LogP contribution in [0.4, 0.5) is 18.9 Å². The highest BCUT2D eigenvalue weighted by Crippen LogP contribution is 2.37. The molecular formula is C24H27Cl3F3N3O4S. The second-order valence-electron chi connectivity index (χ2n) is 9.57. The summed E-state index contributed by atoms with van der Waals surface area (Å²) < 4.78 is 66.0. The molecule has 0 bridgehead atoms. The average molecular weight is 617 g/mol. The molecule has 0 saturated carbocycles. The Balaban J connectivity index is 2.55. The zero-order valence-electron chi connectivity index (χ0n) is 21.2. The van der Waals surface area contributed by atoms with Crippen LogP contribution in [0.1, 0.15) is 38.8 Å². The Bertz CT molecular complexity index is 1290. The Morgan fingerprint density at radius 2 is 1.55 bits per heavy atom. The summed E-state index contributed by atoms with van der Waals surface area (Å²) in [5, 5.41) is 2.51. The number of sulfonamides is 1. The molecule has 0 saturated heterocycles. The molecule has 2 rings (SSSR count). The lowest BCUT2D eigenvalue weighted by Crippen LogP contribution is -2.54. The molecule has 0 aliphatic rings. The fraction of sp³-hybridized carbons (Fsp3) is 0.417. The van der Waals surface area contributed by atoms with Crippen LogP contribution in [-0.4, -0.2) is 49.5 Å². The lowest BCUT2D eigenvalue weighted by Gasteiger charge is -2.33. The smallest absolute Gasteiger partial charge is 0.350 e. The summed E-state index contributed by atoms with van der Waals surface area (Å²) in [5.41, 5.74) is -2.05. The molecule has 2 amide bonds. The van der Waals surface area contributed by atoms with E-state index in [0.717, 1.165) is 23.3 Å². The second kappa shape index (κ2) is 11.9. The van der Waals surface area contributed by atoms with Gasteiger partial charge < -0.3 is 10.2 Å². The quantitative estimate of drug-likeness (QED) is 0.409. The normalized spacial score (nSPS) is 13.1. The Morgan fingerprint density at radius 3 is 2.03 bits per heavy atom. The molecule has 38 heavy (non-hydrogen) atoms. The Morgan fingerprint density at radius 1 is 1.00 bits per heavy atom. The van der Waals surface area contributed by atoms with E-state index in [1.54, 1.807) is 26.8 Å². The predicted octanol–water partition coefficient (Wildman–Crippen LogP) is 5.76. The number of carbonyl (C=O) groups excluding carboxylic acids is 2. The van der Waals surface area contributed by atoms with Crippen LogP contribution in [0.3, 0.4) is 0 Å². The Labute approximate surface area is 234 Å². The van der Waals surface area contributed by atoms with Gasteiger partial charge in [0.2, 0.25) is 21.8 Å². The van der Waals surface area contributed by atoms with Crippen molar-refractivity contribution in [1.82, 2.24) is 10.2 Å². The molecular weight excluding hydrogens is 590 g/mol. The summed E-state index contributed by atoms with van der Waals surface area (Å²) in [7, 11) is -4.26. The van der Waals surface area contributed by atoms with Crippen molar-refractivity contribution < 1.29 is 31.2 Å².